The summed E-state index contributed by atoms with van der Waals surface area (Å²) in [5.74, 6) is -1.18. The summed E-state index contributed by atoms with van der Waals surface area (Å²) in [5, 5.41) is 8.71. The van der Waals surface area contributed by atoms with Crippen molar-refractivity contribution in [1.29, 1.82) is 0 Å². The van der Waals surface area contributed by atoms with Gasteiger partial charge < -0.3 is 19.5 Å². The second-order valence-electron chi connectivity index (χ2n) is 7.32. The largest absolute Gasteiger partial charge is 0.489 e. The summed E-state index contributed by atoms with van der Waals surface area (Å²) in [7, 11) is 3.70. The predicted octanol–water partition coefficient (Wildman–Crippen LogP) is 3.75. The monoisotopic (exact) mass is 453 g/mol. The van der Waals surface area contributed by atoms with Crippen LogP contribution in [0.25, 0.3) is 0 Å². The highest BCUT2D eigenvalue weighted by atomic mass is 35.5. The lowest BCUT2D eigenvalue weighted by molar-refractivity contribution is -0.153. The average molecular weight is 454 g/mol. The summed E-state index contributed by atoms with van der Waals surface area (Å²) in [6.07, 6.45) is 0.373. The van der Waals surface area contributed by atoms with E-state index >= 15 is 0 Å². The number of hydrogen-bond acceptors (Lipinski definition) is 5. The van der Waals surface area contributed by atoms with Crippen molar-refractivity contribution >= 4 is 24.3 Å². The average Bonchev–Trinajstić information content (AvgIpc) is 2.69. The van der Waals surface area contributed by atoms with Crippen LogP contribution >= 0.6 is 12.4 Å². The molecule has 0 heterocycles. The number of aryl methyl sites for hydroxylation is 2. The van der Waals surface area contributed by atoms with Crippen LogP contribution in [0.4, 0.5) is 4.39 Å². The first-order valence-electron chi connectivity index (χ1n) is 9.84. The first kappa shape index (κ1) is 26.4. The Bertz CT molecular complexity index is 846. The van der Waals surface area contributed by atoms with Crippen LogP contribution in [0.3, 0.4) is 0 Å². The fourth-order valence-electron chi connectivity index (χ4n) is 2.99. The summed E-state index contributed by atoms with van der Waals surface area (Å²) in [6.45, 7) is 0.595. The number of carboxylic acid groups (broad SMARTS) is 1. The van der Waals surface area contributed by atoms with Gasteiger partial charge in [0.25, 0.3) is 0 Å². The molecule has 2 aromatic rings. The lowest BCUT2D eigenvalue weighted by Gasteiger charge is -2.22. The Hall–Kier alpha value is -2.64. The van der Waals surface area contributed by atoms with E-state index in [0.29, 0.717) is 25.1 Å². The van der Waals surface area contributed by atoms with Crippen LogP contribution in [0.15, 0.2) is 48.5 Å². The zero-order valence-corrected chi connectivity index (χ0v) is 18.6. The number of ether oxygens (including phenoxy) is 2. The van der Waals surface area contributed by atoms with Gasteiger partial charge in [-0.15, -0.1) is 12.4 Å². The van der Waals surface area contributed by atoms with Crippen molar-refractivity contribution in [2.45, 2.75) is 31.8 Å². The Morgan fingerprint density at radius 1 is 1.06 bits per heavy atom. The third-order valence-corrected chi connectivity index (χ3v) is 4.38. The van der Waals surface area contributed by atoms with Crippen molar-refractivity contribution in [2.75, 3.05) is 27.2 Å². The van der Waals surface area contributed by atoms with E-state index in [9.17, 15) is 14.0 Å². The van der Waals surface area contributed by atoms with Crippen LogP contribution in [0.1, 0.15) is 24.0 Å². The van der Waals surface area contributed by atoms with Gasteiger partial charge in [-0.3, -0.25) is 9.59 Å². The number of nitrogens with zero attached hydrogens (tertiary/aromatic N) is 1. The minimum absolute atomic E-state index is 0. The molecule has 0 radical (unpaired) electrons. The van der Waals surface area contributed by atoms with E-state index in [1.807, 2.05) is 49.3 Å². The normalized spacial score (nSPS) is 11.5. The number of carbonyl (C=O) groups excluding carboxylic acids is 1. The van der Waals surface area contributed by atoms with Crippen LogP contribution in [0.2, 0.25) is 0 Å². The van der Waals surface area contributed by atoms with Gasteiger partial charge in [0.15, 0.2) is 0 Å². The van der Waals surface area contributed by atoms with E-state index in [1.165, 1.54) is 12.1 Å². The highest BCUT2D eigenvalue weighted by Crippen LogP contribution is 2.21. The van der Waals surface area contributed by atoms with Gasteiger partial charge in [0.2, 0.25) is 0 Å². The van der Waals surface area contributed by atoms with Crippen LogP contribution < -0.4 is 4.74 Å². The summed E-state index contributed by atoms with van der Waals surface area (Å²) in [6, 6.07) is 14.1. The number of likely N-dealkylation sites (N-methyl/N-ethyl adjacent to an activating group) is 1. The maximum absolute atomic E-state index is 13.4. The molecule has 0 aliphatic carbocycles. The molecule has 0 aliphatic heterocycles. The lowest BCUT2D eigenvalue weighted by atomic mass is 10.0. The molecule has 8 heteroatoms. The van der Waals surface area contributed by atoms with Crippen LogP contribution in [0, 0.1) is 5.82 Å². The standard InChI is InChI=1S/C23H28FNO5.ClH/c1-25(2)15-20(30-23(28)13-12-22(26)27)16-29-21-9-4-3-7-18(21)11-10-17-6-5-8-19(24)14-17;/h3-9,14,20H,10-13,15-16H2,1-2H3,(H,26,27);1H. The van der Waals surface area contributed by atoms with Crippen molar-refractivity contribution in [3.05, 3.63) is 65.5 Å². The van der Waals surface area contributed by atoms with Crippen molar-refractivity contribution in [1.82, 2.24) is 4.90 Å². The maximum atomic E-state index is 13.4. The number of benzene rings is 2. The summed E-state index contributed by atoms with van der Waals surface area (Å²) in [5.41, 5.74) is 1.88. The SMILES string of the molecule is CN(C)CC(COc1ccccc1CCc1cccc(F)c1)OC(=O)CCC(=O)O.Cl. The third kappa shape index (κ3) is 10.3. The first-order chi connectivity index (χ1) is 14.3. The number of para-hydroxylation sites is 1. The zero-order valence-electron chi connectivity index (χ0n) is 17.8. The number of carbonyl (C=O) groups is 2. The van der Waals surface area contributed by atoms with Crippen LogP contribution in [-0.2, 0) is 27.2 Å². The molecule has 31 heavy (non-hydrogen) atoms. The van der Waals surface area contributed by atoms with Gasteiger partial charge in [-0.1, -0.05) is 30.3 Å². The summed E-state index contributed by atoms with van der Waals surface area (Å²) in [4.78, 5) is 24.4. The second kappa shape index (κ2) is 13.6. The number of esters is 1. The molecule has 0 saturated carbocycles. The van der Waals surface area contributed by atoms with Gasteiger partial charge in [0.1, 0.15) is 24.3 Å². The van der Waals surface area contributed by atoms with Gasteiger partial charge in [0.05, 0.1) is 12.8 Å². The molecule has 6 nitrogen and oxygen atoms in total. The molecule has 170 valence electrons. The van der Waals surface area contributed by atoms with Crippen LogP contribution in [0.5, 0.6) is 5.75 Å². The fourth-order valence-corrected chi connectivity index (χ4v) is 2.99. The summed E-state index contributed by atoms with van der Waals surface area (Å²) >= 11 is 0. The molecule has 0 amide bonds. The van der Waals surface area contributed by atoms with E-state index in [1.54, 1.807) is 6.07 Å². The molecule has 1 unspecified atom stereocenters. The predicted molar refractivity (Wildman–Crippen MR) is 118 cm³/mol. The molecule has 0 aliphatic rings. The van der Waals surface area contributed by atoms with Gasteiger partial charge >= 0.3 is 11.9 Å². The number of hydrogen-bond donors (Lipinski definition) is 1. The third-order valence-electron chi connectivity index (χ3n) is 4.38. The minimum Gasteiger partial charge on any atom is -0.489 e. The topological polar surface area (TPSA) is 76.1 Å². The molecule has 2 rings (SSSR count). The van der Waals surface area contributed by atoms with E-state index in [4.69, 9.17) is 14.6 Å². The van der Waals surface area contributed by atoms with Crippen molar-refractivity contribution in [3.63, 3.8) is 0 Å². The van der Waals surface area contributed by atoms with E-state index in [2.05, 4.69) is 0 Å². The molecule has 0 fully saturated rings. The molecule has 0 spiro atoms. The van der Waals surface area contributed by atoms with E-state index < -0.39 is 18.0 Å². The van der Waals surface area contributed by atoms with Gasteiger partial charge in [0, 0.05) is 6.54 Å². The highest BCUT2D eigenvalue weighted by molar-refractivity contribution is 5.85. The van der Waals surface area contributed by atoms with Crippen molar-refractivity contribution in [2.24, 2.45) is 0 Å². The van der Waals surface area contributed by atoms with Gasteiger partial charge in [-0.05, 0) is 56.3 Å². The molecular weight excluding hydrogens is 425 g/mol. The zero-order chi connectivity index (χ0) is 21.9. The Kier molecular flexibility index (Phi) is 11.6. The minimum atomic E-state index is -1.04. The highest BCUT2D eigenvalue weighted by Gasteiger charge is 2.18. The fraction of sp³-hybridized carbons (Fsp3) is 0.391. The lowest BCUT2D eigenvalue weighted by Crippen LogP contribution is -2.35. The first-order valence-corrected chi connectivity index (χ1v) is 9.84. The van der Waals surface area contributed by atoms with Crippen molar-refractivity contribution in [3.8, 4) is 5.75 Å². The van der Waals surface area contributed by atoms with E-state index in [0.717, 1.165) is 11.1 Å². The smallest absolute Gasteiger partial charge is 0.306 e. The second-order valence-corrected chi connectivity index (χ2v) is 7.32. The van der Waals surface area contributed by atoms with Gasteiger partial charge in [-0.25, -0.2) is 4.39 Å². The molecule has 1 atom stereocenters. The van der Waals surface area contributed by atoms with Gasteiger partial charge in [-0.2, -0.15) is 0 Å². The number of carboxylic acids is 1. The van der Waals surface area contributed by atoms with E-state index in [-0.39, 0.29) is 37.7 Å². The molecule has 0 bridgehead atoms. The molecule has 1 N–H and O–H groups in total. The Balaban J connectivity index is 0.00000480. The number of rotatable bonds is 12. The molecule has 0 saturated heterocycles. The van der Waals surface area contributed by atoms with Crippen LogP contribution in [-0.4, -0.2) is 55.3 Å². The quantitative estimate of drug-likeness (QED) is 0.493. The molecule has 2 aromatic carbocycles. The summed E-state index contributed by atoms with van der Waals surface area (Å²) < 4.78 is 24.7. The Morgan fingerprint density at radius 2 is 1.81 bits per heavy atom. The Morgan fingerprint density at radius 3 is 2.48 bits per heavy atom. The number of halogens is 2. The Labute approximate surface area is 188 Å². The van der Waals surface area contributed by atoms with Crippen molar-refractivity contribution < 1.29 is 28.6 Å². The molecular formula is C23H29ClFNO5. The number of aliphatic carboxylic acids is 1. The molecule has 0 aromatic heterocycles. The maximum Gasteiger partial charge on any atom is 0.306 e.